The first-order chi connectivity index (χ1) is 18.5. The number of amides is 3. The van der Waals surface area contributed by atoms with Crippen LogP contribution in [0, 0.1) is 5.82 Å². The Morgan fingerprint density at radius 1 is 1.03 bits per heavy atom. The molecule has 1 fully saturated rings. The van der Waals surface area contributed by atoms with Crippen LogP contribution in [0.1, 0.15) is 32.6 Å². The molecule has 2 unspecified atom stereocenters. The summed E-state index contributed by atoms with van der Waals surface area (Å²) in [5, 5.41) is 7.50. The fourth-order valence-corrected chi connectivity index (χ4v) is 4.79. The number of halogens is 1. The molecule has 5 rings (SSSR count). The molecule has 3 heterocycles. The van der Waals surface area contributed by atoms with Gasteiger partial charge in [-0.3, -0.25) is 19.5 Å². The highest BCUT2D eigenvalue weighted by Crippen LogP contribution is 2.35. The lowest BCUT2D eigenvalue weighted by Crippen LogP contribution is -2.46. The zero-order valence-electron chi connectivity index (χ0n) is 20.0. The maximum Gasteiger partial charge on any atom is 0.411 e. The topological polar surface area (TPSA) is 101 Å². The second kappa shape index (κ2) is 11.2. The molecular formula is C28H23FN4O4S. The third-order valence-corrected chi connectivity index (χ3v) is 6.88. The Hall–Kier alpha value is -4.57. The number of thiophene rings is 1. The highest BCUT2D eigenvalue weighted by atomic mass is 32.1. The molecule has 1 aliphatic rings. The molecule has 8 nitrogen and oxygen atoms in total. The van der Waals surface area contributed by atoms with Crippen molar-refractivity contribution in [3.63, 3.8) is 0 Å². The molecule has 38 heavy (non-hydrogen) atoms. The summed E-state index contributed by atoms with van der Waals surface area (Å²) in [6.45, 7) is 0.213. The van der Waals surface area contributed by atoms with Crippen LogP contribution in [0.3, 0.4) is 0 Å². The summed E-state index contributed by atoms with van der Waals surface area (Å²) in [5.74, 6) is -1.09. The largest absolute Gasteiger partial charge is 0.438 e. The van der Waals surface area contributed by atoms with Crippen molar-refractivity contribution in [2.75, 3.05) is 5.32 Å². The van der Waals surface area contributed by atoms with Crippen molar-refractivity contribution in [3.05, 3.63) is 118 Å². The number of carbonyl (C=O) groups excluding carboxylic acids is 3. The van der Waals surface area contributed by atoms with E-state index in [0.29, 0.717) is 27.4 Å². The zero-order valence-corrected chi connectivity index (χ0v) is 20.9. The van der Waals surface area contributed by atoms with Gasteiger partial charge >= 0.3 is 6.09 Å². The Morgan fingerprint density at radius 2 is 1.87 bits per heavy atom. The number of pyridine rings is 1. The van der Waals surface area contributed by atoms with E-state index in [2.05, 4.69) is 15.6 Å². The second-order valence-electron chi connectivity index (χ2n) is 8.60. The number of rotatable bonds is 8. The number of anilines is 1. The van der Waals surface area contributed by atoms with Crippen molar-refractivity contribution < 1.29 is 23.5 Å². The molecule has 1 saturated heterocycles. The van der Waals surface area contributed by atoms with Crippen LogP contribution in [-0.2, 0) is 22.6 Å². The lowest BCUT2D eigenvalue weighted by Gasteiger charge is -2.24. The van der Waals surface area contributed by atoms with Gasteiger partial charge in [-0.1, -0.05) is 36.4 Å². The van der Waals surface area contributed by atoms with Gasteiger partial charge in [-0.2, -0.15) is 0 Å². The average Bonchev–Trinajstić information content (AvgIpc) is 3.58. The predicted octanol–water partition coefficient (Wildman–Crippen LogP) is 4.91. The Morgan fingerprint density at radius 3 is 2.61 bits per heavy atom. The molecule has 10 heteroatoms. The molecule has 0 radical (unpaired) electrons. The maximum atomic E-state index is 13.5. The van der Waals surface area contributed by atoms with Crippen LogP contribution in [0.5, 0.6) is 0 Å². The van der Waals surface area contributed by atoms with E-state index in [9.17, 15) is 18.8 Å². The van der Waals surface area contributed by atoms with E-state index in [-0.39, 0.29) is 19.0 Å². The molecule has 3 amide bonds. The summed E-state index contributed by atoms with van der Waals surface area (Å²) >= 11 is 1.32. The van der Waals surface area contributed by atoms with Crippen molar-refractivity contribution in [3.8, 4) is 0 Å². The standard InChI is InChI=1S/C28H23FN4O4S/c29-20-11-9-18(10-12-20)17-33-24(27(35)31-16-22-6-1-2-13-30-22)25(37-28(33)36)19-5-3-7-21(15-19)32-26(34)23-8-4-14-38-23/h1-15,24-25H,16-17H2,(H,31,35)(H,32,34). The fraction of sp³-hybridized carbons (Fsp3) is 0.143. The monoisotopic (exact) mass is 530 g/mol. The van der Waals surface area contributed by atoms with E-state index in [1.165, 1.54) is 28.4 Å². The number of ether oxygens (including phenoxy) is 1. The lowest BCUT2D eigenvalue weighted by atomic mass is 10.00. The van der Waals surface area contributed by atoms with Gasteiger partial charge < -0.3 is 15.4 Å². The summed E-state index contributed by atoms with van der Waals surface area (Å²) in [5.41, 5.74) is 2.35. The molecule has 0 bridgehead atoms. The van der Waals surface area contributed by atoms with Gasteiger partial charge in [0.05, 0.1) is 23.7 Å². The summed E-state index contributed by atoms with van der Waals surface area (Å²) in [7, 11) is 0. The van der Waals surface area contributed by atoms with E-state index >= 15 is 0 Å². The second-order valence-corrected chi connectivity index (χ2v) is 9.55. The van der Waals surface area contributed by atoms with Crippen LogP contribution in [0.4, 0.5) is 14.9 Å². The zero-order chi connectivity index (χ0) is 26.5. The van der Waals surface area contributed by atoms with Gasteiger partial charge in [0.15, 0.2) is 12.1 Å². The van der Waals surface area contributed by atoms with Crippen molar-refractivity contribution >= 4 is 34.9 Å². The van der Waals surface area contributed by atoms with E-state index in [4.69, 9.17) is 4.74 Å². The molecule has 2 atom stereocenters. The first kappa shape index (κ1) is 25.1. The van der Waals surface area contributed by atoms with Crippen LogP contribution in [0.15, 0.2) is 90.4 Å². The highest BCUT2D eigenvalue weighted by molar-refractivity contribution is 7.12. The van der Waals surface area contributed by atoms with Crippen molar-refractivity contribution in [1.29, 1.82) is 0 Å². The maximum absolute atomic E-state index is 13.5. The van der Waals surface area contributed by atoms with Gasteiger partial charge in [-0.25, -0.2) is 9.18 Å². The number of hydrogen-bond donors (Lipinski definition) is 2. The molecule has 192 valence electrons. The highest BCUT2D eigenvalue weighted by Gasteiger charge is 2.47. The van der Waals surface area contributed by atoms with Gasteiger partial charge in [0.2, 0.25) is 5.91 Å². The molecule has 0 aliphatic carbocycles. The number of nitrogens with zero attached hydrogens (tertiary/aromatic N) is 2. The van der Waals surface area contributed by atoms with Gasteiger partial charge in [-0.05, 0) is 59.0 Å². The molecule has 2 aromatic carbocycles. The Bertz CT molecular complexity index is 1430. The minimum Gasteiger partial charge on any atom is -0.438 e. The van der Waals surface area contributed by atoms with Crippen LogP contribution in [-0.4, -0.2) is 33.8 Å². The minimum atomic E-state index is -1.01. The number of aromatic nitrogens is 1. The van der Waals surface area contributed by atoms with Crippen LogP contribution < -0.4 is 10.6 Å². The smallest absolute Gasteiger partial charge is 0.411 e. The molecular weight excluding hydrogens is 507 g/mol. The van der Waals surface area contributed by atoms with E-state index in [1.54, 1.807) is 66.9 Å². The predicted molar refractivity (Wildman–Crippen MR) is 140 cm³/mol. The number of nitrogens with one attached hydrogen (secondary N) is 2. The normalized spacial score (nSPS) is 16.7. The van der Waals surface area contributed by atoms with Crippen molar-refractivity contribution in [2.24, 2.45) is 0 Å². The van der Waals surface area contributed by atoms with Crippen molar-refractivity contribution in [1.82, 2.24) is 15.2 Å². The van der Waals surface area contributed by atoms with Crippen molar-refractivity contribution in [2.45, 2.75) is 25.2 Å². The van der Waals surface area contributed by atoms with Gasteiger partial charge in [0, 0.05) is 11.9 Å². The Balaban J connectivity index is 1.41. The molecule has 1 aliphatic heterocycles. The summed E-state index contributed by atoms with van der Waals surface area (Å²) < 4.78 is 19.1. The third kappa shape index (κ3) is 5.70. The lowest BCUT2D eigenvalue weighted by molar-refractivity contribution is -0.126. The van der Waals surface area contributed by atoms with E-state index in [1.807, 2.05) is 11.4 Å². The summed E-state index contributed by atoms with van der Waals surface area (Å²) in [6.07, 6.45) is 0.0131. The van der Waals surface area contributed by atoms with E-state index < -0.39 is 30.0 Å². The first-order valence-electron chi connectivity index (χ1n) is 11.8. The summed E-state index contributed by atoms with van der Waals surface area (Å²) in [6, 6.07) is 20.4. The molecule has 0 saturated carbocycles. The Kier molecular flexibility index (Phi) is 7.41. The molecule has 4 aromatic rings. The van der Waals surface area contributed by atoms with Gasteiger partial charge in [-0.15, -0.1) is 11.3 Å². The number of hydrogen-bond acceptors (Lipinski definition) is 6. The van der Waals surface area contributed by atoms with E-state index in [0.717, 1.165) is 0 Å². The molecule has 0 spiro atoms. The van der Waals surface area contributed by atoms with Gasteiger partial charge in [0.25, 0.3) is 5.91 Å². The SMILES string of the molecule is O=C(Nc1cccc(C2OC(=O)N(Cc3ccc(F)cc3)C2C(=O)NCc2ccccn2)c1)c1cccs1. The molecule has 2 N–H and O–H groups in total. The van der Waals surface area contributed by atoms with Crippen LogP contribution >= 0.6 is 11.3 Å². The number of carbonyl (C=O) groups is 3. The van der Waals surface area contributed by atoms with Crippen LogP contribution in [0.2, 0.25) is 0 Å². The first-order valence-corrected chi connectivity index (χ1v) is 12.7. The number of benzene rings is 2. The summed E-state index contributed by atoms with van der Waals surface area (Å²) in [4.78, 5) is 45.1. The molecule has 2 aromatic heterocycles. The quantitative estimate of drug-likeness (QED) is 0.337. The average molecular weight is 531 g/mol. The minimum absolute atomic E-state index is 0.0477. The van der Waals surface area contributed by atoms with Gasteiger partial charge in [0.1, 0.15) is 5.82 Å². The Labute approximate surface area is 222 Å². The third-order valence-electron chi connectivity index (χ3n) is 6.01. The van der Waals surface area contributed by atoms with Crippen LogP contribution in [0.25, 0.3) is 0 Å². The number of cyclic esters (lactones) is 1. The fourth-order valence-electron chi connectivity index (χ4n) is 4.18.